The number of nitrogens with one attached hydrogen (secondary N) is 1. The Labute approximate surface area is 147 Å². The maximum atomic E-state index is 12.8. The first kappa shape index (κ1) is 17.4. The molecule has 0 radical (unpaired) electrons. The molecule has 0 fully saturated rings. The maximum absolute atomic E-state index is 12.8. The number of aryl methyl sites for hydroxylation is 1. The quantitative estimate of drug-likeness (QED) is 0.900. The fraction of sp³-hybridized carbons (Fsp3) is 0.500. The van der Waals surface area contributed by atoms with Crippen molar-refractivity contribution in [3.05, 3.63) is 41.0 Å². The first-order chi connectivity index (χ1) is 12.0. The minimum absolute atomic E-state index is 0.0758. The van der Waals surface area contributed by atoms with E-state index in [1.54, 1.807) is 18.0 Å². The predicted molar refractivity (Wildman–Crippen MR) is 92.5 cm³/mol. The molecule has 2 atom stereocenters. The molecule has 3 heterocycles. The number of pyridine rings is 1. The third-order valence-corrected chi connectivity index (χ3v) is 4.37. The third-order valence-electron chi connectivity index (χ3n) is 4.37. The topological polar surface area (TPSA) is 78.3 Å². The Balaban J connectivity index is 1.79. The molecule has 134 valence electrons. The van der Waals surface area contributed by atoms with Gasteiger partial charge < -0.3 is 14.8 Å². The lowest BCUT2D eigenvalue weighted by Crippen LogP contribution is -2.29. The second-order valence-electron chi connectivity index (χ2n) is 6.19. The summed E-state index contributed by atoms with van der Waals surface area (Å²) in [6.07, 6.45) is 2.32. The highest BCUT2D eigenvalue weighted by atomic mass is 16.5. The number of carbonyl (C=O) groups is 1. The molecule has 1 N–H and O–H groups in total. The molecule has 7 heteroatoms. The summed E-state index contributed by atoms with van der Waals surface area (Å²) in [5.41, 5.74) is 3.27. The highest BCUT2D eigenvalue weighted by molar-refractivity contribution is 5.94. The van der Waals surface area contributed by atoms with E-state index in [0.29, 0.717) is 31.0 Å². The predicted octanol–water partition coefficient (Wildman–Crippen LogP) is 2.26. The molecule has 7 nitrogen and oxygen atoms in total. The van der Waals surface area contributed by atoms with Crippen molar-refractivity contribution >= 4 is 5.91 Å². The van der Waals surface area contributed by atoms with Crippen molar-refractivity contribution in [3.8, 4) is 5.75 Å². The number of amides is 1. The van der Waals surface area contributed by atoms with Gasteiger partial charge in [0.15, 0.2) is 0 Å². The van der Waals surface area contributed by atoms with Crippen molar-refractivity contribution in [1.29, 1.82) is 0 Å². The number of ether oxygens (including phenoxy) is 2. The molecule has 25 heavy (non-hydrogen) atoms. The average molecular weight is 344 g/mol. The van der Waals surface area contributed by atoms with Crippen molar-refractivity contribution < 1.29 is 14.3 Å². The van der Waals surface area contributed by atoms with Gasteiger partial charge in [0.05, 0.1) is 43.4 Å². The van der Waals surface area contributed by atoms with Gasteiger partial charge in [-0.1, -0.05) is 0 Å². The van der Waals surface area contributed by atoms with Crippen LogP contribution in [0, 0.1) is 0 Å². The lowest BCUT2D eigenvalue weighted by atomic mass is 9.99. The highest BCUT2D eigenvalue weighted by Crippen LogP contribution is 2.31. The maximum Gasteiger partial charge on any atom is 0.270 e. The SMILES string of the molecule is CCn1nc2c(c1C(=O)NCc1ccc(OC)cn1)C[C@H](C)O[C@@H]2C. The van der Waals surface area contributed by atoms with E-state index in [0.717, 1.165) is 17.0 Å². The van der Waals surface area contributed by atoms with Crippen LogP contribution in [-0.4, -0.2) is 33.9 Å². The van der Waals surface area contributed by atoms with Crippen LogP contribution in [0.2, 0.25) is 0 Å². The summed E-state index contributed by atoms with van der Waals surface area (Å²) < 4.78 is 12.7. The van der Waals surface area contributed by atoms with Crippen LogP contribution >= 0.6 is 0 Å². The van der Waals surface area contributed by atoms with Crippen molar-refractivity contribution in [2.75, 3.05) is 7.11 Å². The monoisotopic (exact) mass is 344 g/mol. The van der Waals surface area contributed by atoms with Crippen molar-refractivity contribution in [2.24, 2.45) is 0 Å². The van der Waals surface area contributed by atoms with E-state index in [9.17, 15) is 4.79 Å². The summed E-state index contributed by atoms with van der Waals surface area (Å²) in [5.74, 6) is 0.561. The van der Waals surface area contributed by atoms with Gasteiger partial charge in [-0.25, -0.2) is 0 Å². The zero-order valence-electron chi connectivity index (χ0n) is 15.1. The molecule has 0 aromatic carbocycles. The van der Waals surface area contributed by atoms with Gasteiger partial charge in [-0.15, -0.1) is 0 Å². The van der Waals surface area contributed by atoms with Gasteiger partial charge in [-0.05, 0) is 32.9 Å². The lowest BCUT2D eigenvalue weighted by molar-refractivity contribution is -0.00712. The van der Waals surface area contributed by atoms with Crippen molar-refractivity contribution in [1.82, 2.24) is 20.1 Å². The molecular weight excluding hydrogens is 320 g/mol. The van der Waals surface area contributed by atoms with E-state index in [1.807, 2.05) is 32.9 Å². The van der Waals surface area contributed by atoms with E-state index in [2.05, 4.69) is 15.4 Å². The number of nitrogens with zero attached hydrogens (tertiary/aromatic N) is 3. The molecule has 0 unspecified atom stereocenters. The molecule has 0 saturated heterocycles. The van der Waals surface area contributed by atoms with Crippen LogP contribution < -0.4 is 10.1 Å². The molecule has 0 aliphatic carbocycles. The number of fused-ring (bicyclic) bond motifs is 1. The van der Waals surface area contributed by atoms with Gasteiger partial charge in [0.1, 0.15) is 11.4 Å². The largest absolute Gasteiger partial charge is 0.495 e. The molecule has 0 saturated carbocycles. The van der Waals surface area contributed by atoms with Gasteiger partial charge >= 0.3 is 0 Å². The van der Waals surface area contributed by atoms with E-state index >= 15 is 0 Å². The zero-order valence-corrected chi connectivity index (χ0v) is 15.1. The summed E-state index contributed by atoms with van der Waals surface area (Å²) >= 11 is 0. The van der Waals surface area contributed by atoms with Crippen molar-refractivity contribution in [3.63, 3.8) is 0 Å². The van der Waals surface area contributed by atoms with Crippen LogP contribution in [0.25, 0.3) is 0 Å². The van der Waals surface area contributed by atoms with Gasteiger partial charge in [0.2, 0.25) is 0 Å². The highest BCUT2D eigenvalue weighted by Gasteiger charge is 2.31. The van der Waals surface area contributed by atoms with Gasteiger partial charge in [0.25, 0.3) is 5.91 Å². The average Bonchev–Trinajstić information content (AvgIpc) is 2.99. The van der Waals surface area contributed by atoms with Crippen LogP contribution in [0.3, 0.4) is 0 Å². The zero-order chi connectivity index (χ0) is 18.0. The Kier molecular flexibility index (Phi) is 5.03. The van der Waals surface area contributed by atoms with Crippen LogP contribution in [-0.2, 0) is 24.2 Å². The van der Waals surface area contributed by atoms with E-state index in [-0.39, 0.29) is 18.1 Å². The van der Waals surface area contributed by atoms with E-state index in [4.69, 9.17) is 9.47 Å². The Morgan fingerprint density at radius 1 is 1.44 bits per heavy atom. The smallest absolute Gasteiger partial charge is 0.270 e. The summed E-state index contributed by atoms with van der Waals surface area (Å²) in [7, 11) is 1.60. The van der Waals surface area contributed by atoms with E-state index in [1.165, 1.54) is 0 Å². The Morgan fingerprint density at radius 3 is 2.88 bits per heavy atom. The molecular formula is C18H24N4O3. The summed E-state index contributed by atoms with van der Waals surface area (Å²) in [6.45, 7) is 6.97. The number of methoxy groups -OCH3 is 1. The number of aromatic nitrogens is 3. The fourth-order valence-electron chi connectivity index (χ4n) is 3.17. The van der Waals surface area contributed by atoms with Crippen LogP contribution in [0.4, 0.5) is 0 Å². The summed E-state index contributed by atoms with van der Waals surface area (Å²) in [6, 6.07) is 3.66. The second-order valence-corrected chi connectivity index (χ2v) is 6.19. The van der Waals surface area contributed by atoms with Crippen LogP contribution in [0.1, 0.15) is 54.3 Å². The second kappa shape index (κ2) is 7.23. The fourth-order valence-corrected chi connectivity index (χ4v) is 3.17. The standard InChI is InChI=1S/C18H24N4O3/c1-5-22-17(15-8-11(2)25-12(3)16(15)21-22)18(23)20-9-13-6-7-14(24-4)10-19-13/h6-7,10-12H,5,8-9H2,1-4H3,(H,20,23)/t11-,12+/m0/s1. The number of carbonyl (C=O) groups excluding carboxylic acids is 1. The molecule has 1 aliphatic rings. The summed E-state index contributed by atoms with van der Waals surface area (Å²) in [4.78, 5) is 17.1. The molecule has 1 aliphatic heterocycles. The minimum atomic E-state index is -0.130. The molecule has 3 rings (SSSR count). The molecule has 1 amide bonds. The number of hydrogen-bond donors (Lipinski definition) is 1. The minimum Gasteiger partial charge on any atom is -0.495 e. The van der Waals surface area contributed by atoms with Gasteiger partial charge in [-0.3, -0.25) is 14.5 Å². The first-order valence-electron chi connectivity index (χ1n) is 8.55. The van der Waals surface area contributed by atoms with E-state index < -0.39 is 0 Å². The summed E-state index contributed by atoms with van der Waals surface area (Å²) in [5, 5.41) is 7.53. The number of rotatable bonds is 5. The van der Waals surface area contributed by atoms with Gasteiger partial charge in [-0.2, -0.15) is 5.10 Å². The third kappa shape index (κ3) is 3.51. The lowest BCUT2D eigenvalue weighted by Gasteiger charge is -2.24. The molecule has 2 aromatic rings. The first-order valence-corrected chi connectivity index (χ1v) is 8.55. The van der Waals surface area contributed by atoms with Crippen LogP contribution in [0.5, 0.6) is 5.75 Å². The Bertz CT molecular complexity index is 754. The van der Waals surface area contributed by atoms with Gasteiger partial charge in [0, 0.05) is 18.5 Å². The molecule has 2 aromatic heterocycles. The molecule has 0 spiro atoms. The molecule has 0 bridgehead atoms. The normalized spacial score (nSPS) is 19.4. The van der Waals surface area contributed by atoms with Crippen molar-refractivity contribution in [2.45, 2.75) is 52.5 Å². The Hall–Kier alpha value is -2.41. The Morgan fingerprint density at radius 2 is 2.24 bits per heavy atom. The van der Waals surface area contributed by atoms with Crippen LogP contribution in [0.15, 0.2) is 18.3 Å². The number of hydrogen-bond acceptors (Lipinski definition) is 5.